The van der Waals surface area contributed by atoms with Crippen molar-refractivity contribution in [2.24, 2.45) is 0 Å². The molecule has 1 aliphatic rings. The van der Waals surface area contributed by atoms with E-state index in [2.05, 4.69) is 4.98 Å². The standard InChI is InChI=1S/C21H23N3O4/c1-23(2)10-11-24-18(15-7-5-9-22-13-15)17(20(26)21(24)27)19(25)14-6-4-8-16(12-14)28-3/h4-9,12-13,18,25H,10-11H2,1-3H3. The lowest BCUT2D eigenvalue weighted by molar-refractivity contribution is -0.140. The Hall–Kier alpha value is -3.19. The van der Waals surface area contributed by atoms with Crippen molar-refractivity contribution < 1.29 is 19.4 Å². The Bertz CT molecular complexity index is 909. The van der Waals surface area contributed by atoms with Gasteiger partial charge in [0.25, 0.3) is 11.7 Å². The van der Waals surface area contributed by atoms with Crippen LogP contribution in [0.15, 0.2) is 54.4 Å². The number of hydrogen-bond acceptors (Lipinski definition) is 6. The highest BCUT2D eigenvalue weighted by atomic mass is 16.5. The van der Waals surface area contributed by atoms with Crippen LogP contribution in [0.4, 0.5) is 0 Å². The molecule has 146 valence electrons. The molecule has 2 aromatic rings. The maximum Gasteiger partial charge on any atom is 0.295 e. The minimum Gasteiger partial charge on any atom is -0.507 e. The summed E-state index contributed by atoms with van der Waals surface area (Å²) in [6.07, 6.45) is 3.23. The van der Waals surface area contributed by atoms with Crippen molar-refractivity contribution in [3.05, 3.63) is 65.5 Å². The zero-order valence-electron chi connectivity index (χ0n) is 16.1. The molecule has 1 unspecified atom stereocenters. The van der Waals surface area contributed by atoms with E-state index >= 15 is 0 Å². The minimum absolute atomic E-state index is 0.0602. The number of carbonyl (C=O) groups is 2. The van der Waals surface area contributed by atoms with Crippen molar-refractivity contribution in [1.29, 1.82) is 0 Å². The number of Topliss-reactive ketones (excluding diaryl/α,β-unsaturated/α-hetero) is 1. The molecule has 7 heteroatoms. The number of ether oxygens (including phenoxy) is 1. The SMILES string of the molecule is COc1cccc(C(O)=C2C(=O)C(=O)N(CCN(C)C)C2c2cccnc2)c1. The molecule has 7 nitrogen and oxygen atoms in total. The van der Waals surface area contributed by atoms with Crippen LogP contribution in [0.1, 0.15) is 17.2 Å². The van der Waals surface area contributed by atoms with Crippen molar-refractivity contribution in [1.82, 2.24) is 14.8 Å². The number of carbonyl (C=O) groups excluding carboxylic acids is 2. The zero-order chi connectivity index (χ0) is 20.3. The van der Waals surface area contributed by atoms with E-state index in [1.807, 2.05) is 19.0 Å². The van der Waals surface area contributed by atoms with E-state index in [-0.39, 0.29) is 11.3 Å². The molecule has 0 aliphatic carbocycles. The van der Waals surface area contributed by atoms with E-state index in [1.165, 1.54) is 12.0 Å². The summed E-state index contributed by atoms with van der Waals surface area (Å²) < 4.78 is 5.20. The van der Waals surface area contributed by atoms with Crippen LogP contribution in [0.2, 0.25) is 0 Å². The number of ketones is 1. The second-order valence-electron chi connectivity index (χ2n) is 6.81. The highest BCUT2D eigenvalue weighted by molar-refractivity contribution is 6.46. The summed E-state index contributed by atoms with van der Waals surface area (Å²) in [4.78, 5) is 33.1. The molecule has 1 aromatic carbocycles. The first-order valence-electron chi connectivity index (χ1n) is 8.91. The van der Waals surface area contributed by atoms with Crippen molar-refractivity contribution in [3.8, 4) is 5.75 Å². The highest BCUT2D eigenvalue weighted by Crippen LogP contribution is 2.39. The average molecular weight is 381 g/mol. The van der Waals surface area contributed by atoms with Crippen molar-refractivity contribution in [2.45, 2.75) is 6.04 Å². The van der Waals surface area contributed by atoms with Gasteiger partial charge in [0.15, 0.2) is 0 Å². The van der Waals surface area contributed by atoms with Gasteiger partial charge in [-0.15, -0.1) is 0 Å². The van der Waals surface area contributed by atoms with Crippen LogP contribution >= 0.6 is 0 Å². The Morgan fingerprint density at radius 3 is 2.68 bits per heavy atom. The van der Waals surface area contributed by atoms with Crippen molar-refractivity contribution in [2.75, 3.05) is 34.3 Å². The molecule has 1 amide bonds. The molecule has 1 aliphatic heterocycles. The summed E-state index contributed by atoms with van der Waals surface area (Å²) in [6.45, 7) is 0.939. The lowest BCUT2D eigenvalue weighted by Gasteiger charge is -2.26. The predicted octanol–water partition coefficient (Wildman–Crippen LogP) is 2.07. The lowest BCUT2D eigenvalue weighted by atomic mass is 9.96. The molecule has 0 spiro atoms. The quantitative estimate of drug-likeness (QED) is 0.469. The highest BCUT2D eigenvalue weighted by Gasteiger charge is 2.46. The molecule has 0 bridgehead atoms. The van der Waals surface area contributed by atoms with Crippen molar-refractivity contribution in [3.63, 3.8) is 0 Å². The molecule has 0 radical (unpaired) electrons. The van der Waals surface area contributed by atoms with Gasteiger partial charge in [0.1, 0.15) is 11.5 Å². The Morgan fingerprint density at radius 2 is 2.04 bits per heavy atom. The number of benzene rings is 1. The fraction of sp³-hybridized carbons (Fsp3) is 0.286. The number of rotatable bonds is 6. The number of nitrogens with zero attached hydrogens (tertiary/aromatic N) is 3. The first-order valence-corrected chi connectivity index (χ1v) is 8.91. The molecule has 1 atom stereocenters. The van der Waals surface area contributed by atoms with E-state index in [4.69, 9.17) is 4.74 Å². The summed E-state index contributed by atoms with van der Waals surface area (Å²) in [5.41, 5.74) is 1.15. The number of amides is 1. The van der Waals surface area contributed by atoms with Gasteiger partial charge in [-0.25, -0.2) is 0 Å². The number of aliphatic hydroxyl groups is 1. The van der Waals surface area contributed by atoms with Gasteiger partial charge in [-0.3, -0.25) is 14.6 Å². The fourth-order valence-corrected chi connectivity index (χ4v) is 3.23. The van der Waals surface area contributed by atoms with Crippen LogP contribution in [-0.4, -0.2) is 65.9 Å². The van der Waals surface area contributed by atoms with Crippen LogP contribution in [0.25, 0.3) is 5.76 Å². The van der Waals surface area contributed by atoms with E-state index in [9.17, 15) is 14.7 Å². The number of hydrogen-bond donors (Lipinski definition) is 1. The minimum atomic E-state index is -0.701. The fourth-order valence-electron chi connectivity index (χ4n) is 3.23. The summed E-state index contributed by atoms with van der Waals surface area (Å²) in [5, 5.41) is 10.9. The maximum atomic E-state index is 12.8. The summed E-state index contributed by atoms with van der Waals surface area (Å²) in [5.74, 6) is -1.00. The average Bonchev–Trinajstić information content (AvgIpc) is 2.97. The van der Waals surface area contributed by atoms with Gasteiger partial charge in [0.2, 0.25) is 0 Å². The number of aromatic nitrogens is 1. The normalized spacial score (nSPS) is 18.7. The lowest BCUT2D eigenvalue weighted by Crippen LogP contribution is -2.35. The number of likely N-dealkylation sites (tertiary alicyclic amines) is 1. The van der Waals surface area contributed by atoms with E-state index in [1.54, 1.807) is 48.8 Å². The van der Waals surface area contributed by atoms with Gasteiger partial charge >= 0.3 is 0 Å². The van der Waals surface area contributed by atoms with Gasteiger partial charge in [-0.2, -0.15) is 0 Å². The van der Waals surface area contributed by atoms with E-state index in [0.29, 0.717) is 30.0 Å². The van der Waals surface area contributed by atoms with Crippen LogP contribution in [0, 0.1) is 0 Å². The molecule has 2 heterocycles. The smallest absolute Gasteiger partial charge is 0.295 e. The van der Waals surface area contributed by atoms with Crippen LogP contribution in [0.3, 0.4) is 0 Å². The second-order valence-corrected chi connectivity index (χ2v) is 6.81. The molecule has 1 aromatic heterocycles. The first-order chi connectivity index (χ1) is 13.4. The largest absolute Gasteiger partial charge is 0.507 e. The predicted molar refractivity (Wildman–Crippen MR) is 105 cm³/mol. The van der Waals surface area contributed by atoms with Crippen LogP contribution in [0.5, 0.6) is 5.75 Å². The maximum absolute atomic E-state index is 12.8. The Labute approximate surface area is 163 Å². The Balaban J connectivity index is 2.13. The van der Waals surface area contributed by atoms with Crippen molar-refractivity contribution >= 4 is 17.4 Å². The summed E-state index contributed by atoms with van der Waals surface area (Å²) in [7, 11) is 5.31. The monoisotopic (exact) mass is 381 g/mol. The van der Waals surface area contributed by atoms with Gasteiger partial charge < -0.3 is 19.6 Å². The molecule has 1 N–H and O–H groups in total. The third-order valence-corrected chi connectivity index (χ3v) is 4.67. The third kappa shape index (κ3) is 3.75. The van der Waals surface area contributed by atoms with E-state index in [0.717, 1.165) is 0 Å². The molecule has 1 saturated heterocycles. The Morgan fingerprint density at radius 1 is 1.25 bits per heavy atom. The van der Waals surface area contributed by atoms with Gasteiger partial charge in [-0.05, 0) is 37.9 Å². The second kappa shape index (κ2) is 8.22. The van der Waals surface area contributed by atoms with Crippen LogP contribution < -0.4 is 4.74 Å². The molecule has 28 heavy (non-hydrogen) atoms. The Kier molecular flexibility index (Phi) is 5.75. The van der Waals surface area contributed by atoms with E-state index < -0.39 is 17.7 Å². The molecular formula is C21H23N3O4. The summed E-state index contributed by atoms with van der Waals surface area (Å²) in [6, 6.07) is 9.60. The first kappa shape index (κ1) is 19.6. The number of likely N-dealkylation sites (N-methyl/N-ethyl adjacent to an activating group) is 1. The number of pyridine rings is 1. The molecule has 1 fully saturated rings. The molecule has 0 saturated carbocycles. The molecule has 3 rings (SSSR count). The summed E-state index contributed by atoms with van der Waals surface area (Å²) >= 11 is 0. The third-order valence-electron chi connectivity index (χ3n) is 4.67. The van der Waals surface area contributed by atoms with Gasteiger partial charge in [-0.1, -0.05) is 18.2 Å². The topological polar surface area (TPSA) is 83.0 Å². The van der Waals surface area contributed by atoms with Gasteiger partial charge in [0, 0.05) is 31.0 Å². The number of aliphatic hydroxyl groups excluding tert-OH is 1. The molecular weight excluding hydrogens is 358 g/mol. The van der Waals surface area contributed by atoms with Gasteiger partial charge in [0.05, 0.1) is 18.7 Å². The number of methoxy groups -OCH3 is 1. The zero-order valence-corrected chi connectivity index (χ0v) is 16.1. The van der Waals surface area contributed by atoms with Crippen LogP contribution in [-0.2, 0) is 9.59 Å².